The zero-order chi connectivity index (χ0) is 6.57. The van der Waals surface area contributed by atoms with Crippen molar-refractivity contribution in [2.45, 2.75) is 6.42 Å². The highest BCUT2D eigenvalue weighted by atomic mass is 16.3. The van der Waals surface area contributed by atoms with Crippen LogP contribution in [0.1, 0.15) is 6.42 Å². The van der Waals surface area contributed by atoms with Crippen molar-refractivity contribution in [1.29, 1.82) is 0 Å². The molecule has 0 saturated heterocycles. The first-order valence-electron chi connectivity index (χ1n) is 2.22. The van der Waals surface area contributed by atoms with E-state index in [9.17, 15) is 0 Å². The average molecular weight is 113 g/mol. The molecule has 0 rings (SSSR count). The Labute approximate surface area is 48.8 Å². The summed E-state index contributed by atoms with van der Waals surface area (Å²) in [5.74, 6) is -0.287. The van der Waals surface area contributed by atoms with Crippen molar-refractivity contribution in [3.8, 4) is 0 Å². The minimum atomic E-state index is -0.287. The lowest BCUT2D eigenvalue weighted by atomic mass is 10.2. The highest BCUT2D eigenvalue weighted by Gasteiger charge is 2.03. The Kier molecular flexibility index (Phi) is 2.96. The predicted molar refractivity (Wildman–Crippen MR) is 31.8 cm³/mol. The van der Waals surface area contributed by atoms with Crippen LogP contribution in [-0.2, 0) is 0 Å². The van der Waals surface area contributed by atoms with E-state index < -0.39 is 0 Å². The highest BCUT2D eigenvalue weighted by molar-refractivity contribution is 5.07. The van der Waals surface area contributed by atoms with E-state index in [-0.39, 0.29) is 18.3 Å². The van der Waals surface area contributed by atoms with E-state index in [2.05, 4.69) is 13.2 Å². The van der Waals surface area contributed by atoms with Gasteiger partial charge in [-0.15, -0.1) is 6.58 Å². The summed E-state index contributed by atoms with van der Waals surface area (Å²) in [5.41, 5.74) is 0. The molecule has 0 fully saturated rings. The van der Waals surface area contributed by atoms with Crippen LogP contribution in [0.3, 0.4) is 0 Å². The Morgan fingerprint density at radius 3 is 2.12 bits per heavy atom. The minimum absolute atomic E-state index is 0.125. The highest BCUT2D eigenvalue weighted by Crippen LogP contribution is 2.08. The number of aliphatic hydroxyl groups is 2. The Balaban J connectivity index is 3.46. The smallest absolute Gasteiger partial charge is 0.160 e. The summed E-state index contributed by atoms with van der Waals surface area (Å²) in [4.78, 5) is 0. The summed E-state index contributed by atoms with van der Waals surface area (Å²) in [6, 6.07) is 0. The molecule has 2 heteroatoms. The van der Waals surface area contributed by atoms with Crippen molar-refractivity contribution in [2.24, 2.45) is 0 Å². The third kappa shape index (κ3) is 2.42. The molecule has 0 aromatic rings. The standard InChI is InChI=1S/C6H9O2/c1-3-4-6(8)5(2)7/h3,7-8H,1-2,4H2. The van der Waals surface area contributed by atoms with Gasteiger partial charge in [-0.25, -0.2) is 0 Å². The molecule has 0 aromatic carbocycles. The molecule has 0 saturated carbocycles. The molecule has 8 heavy (non-hydrogen) atoms. The fraction of sp³-hybridized carbons (Fsp3) is 0.167. The van der Waals surface area contributed by atoms with Gasteiger partial charge in [0.25, 0.3) is 0 Å². The molecule has 45 valence electrons. The maximum atomic E-state index is 8.62. The minimum Gasteiger partial charge on any atom is -0.510 e. The van der Waals surface area contributed by atoms with Crippen molar-refractivity contribution < 1.29 is 10.2 Å². The molecular formula is C6H9O2. The van der Waals surface area contributed by atoms with Crippen molar-refractivity contribution in [3.63, 3.8) is 0 Å². The molecule has 2 N–H and O–H groups in total. The molecule has 0 heterocycles. The first kappa shape index (κ1) is 7.24. The van der Waals surface area contributed by atoms with Crippen LogP contribution in [-0.4, -0.2) is 10.2 Å². The molecule has 0 aliphatic rings. The summed E-state index contributed by atoms with van der Waals surface area (Å²) >= 11 is 0. The van der Waals surface area contributed by atoms with E-state index in [1.165, 1.54) is 6.08 Å². The normalized spacial score (nSPS) is 9.25. The van der Waals surface area contributed by atoms with Gasteiger partial charge in [0.2, 0.25) is 0 Å². The summed E-state index contributed by atoms with van der Waals surface area (Å²) < 4.78 is 0. The van der Waals surface area contributed by atoms with Gasteiger partial charge in [0.15, 0.2) is 6.10 Å². The zero-order valence-corrected chi connectivity index (χ0v) is 4.59. The quantitative estimate of drug-likeness (QED) is 0.430. The molecule has 0 aliphatic carbocycles. The number of rotatable bonds is 3. The van der Waals surface area contributed by atoms with Gasteiger partial charge in [-0.05, 0) is 0 Å². The van der Waals surface area contributed by atoms with E-state index >= 15 is 0 Å². The van der Waals surface area contributed by atoms with Crippen LogP contribution in [0.2, 0.25) is 0 Å². The van der Waals surface area contributed by atoms with E-state index in [1.54, 1.807) is 0 Å². The molecule has 0 spiro atoms. The van der Waals surface area contributed by atoms with Crippen LogP contribution in [0.4, 0.5) is 0 Å². The summed E-state index contributed by atoms with van der Waals surface area (Å²) in [6.07, 6.45) is 1.63. The third-order valence-corrected chi connectivity index (χ3v) is 0.671. The van der Waals surface area contributed by atoms with E-state index in [1.807, 2.05) is 0 Å². The van der Waals surface area contributed by atoms with Crippen LogP contribution < -0.4 is 0 Å². The van der Waals surface area contributed by atoms with Crippen LogP contribution in [0, 0.1) is 6.10 Å². The van der Waals surface area contributed by atoms with Crippen LogP contribution in [0.5, 0.6) is 0 Å². The van der Waals surface area contributed by atoms with E-state index in [0.717, 1.165) is 0 Å². The van der Waals surface area contributed by atoms with Gasteiger partial charge in [-0.1, -0.05) is 12.7 Å². The maximum absolute atomic E-state index is 8.62. The molecule has 1 radical (unpaired) electrons. The molecule has 2 nitrogen and oxygen atoms in total. The van der Waals surface area contributed by atoms with Gasteiger partial charge in [0.1, 0.15) is 5.76 Å². The third-order valence-electron chi connectivity index (χ3n) is 0.671. The second-order valence-electron chi connectivity index (χ2n) is 1.39. The van der Waals surface area contributed by atoms with Gasteiger partial charge < -0.3 is 10.2 Å². The summed E-state index contributed by atoms with van der Waals surface area (Å²) in [7, 11) is 0. The summed E-state index contributed by atoms with van der Waals surface area (Å²) in [5, 5.41) is 17.0. The SMILES string of the molecule is C=CC[C](O)C(=C)O. The lowest BCUT2D eigenvalue weighted by Crippen LogP contribution is -1.95. The monoisotopic (exact) mass is 113 g/mol. The van der Waals surface area contributed by atoms with Crippen LogP contribution >= 0.6 is 0 Å². The zero-order valence-electron chi connectivity index (χ0n) is 4.59. The van der Waals surface area contributed by atoms with Crippen molar-refractivity contribution >= 4 is 0 Å². The lowest BCUT2D eigenvalue weighted by molar-refractivity contribution is 0.250. The lowest BCUT2D eigenvalue weighted by Gasteiger charge is -2.00. The molecule has 0 amide bonds. The topological polar surface area (TPSA) is 40.5 Å². The van der Waals surface area contributed by atoms with Crippen LogP contribution in [0.25, 0.3) is 0 Å². The van der Waals surface area contributed by atoms with E-state index in [0.29, 0.717) is 0 Å². The molecule has 0 aliphatic heterocycles. The molecule has 0 unspecified atom stereocenters. The Hall–Kier alpha value is -0.760. The number of hydrogen-bond donors (Lipinski definition) is 2. The second kappa shape index (κ2) is 3.27. The predicted octanol–water partition coefficient (Wildman–Crippen LogP) is 1.54. The van der Waals surface area contributed by atoms with Crippen molar-refractivity contribution in [3.05, 3.63) is 31.1 Å². The number of aliphatic hydroxyl groups excluding tert-OH is 2. The molecule has 0 aromatic heterocycles. The Morgan fingerprint density at radius 1 is 1.50 bits per heavy atom. The fourth-order valence-corrected chi connectivity index (χ4v) is 0.255. The molecule has 0 bridgehead atoms. The van der Waals surface area contributed by atoms with Crippen molar-refractivity contribution in [1.82, 2.24) is 0 Å². The Morgan fingerprint density at radius 2 is 2.00 bits per heavy atom. The van der Waals surface area contributed by atoms with Crippen LogP contribution in [0.15, 0.2) is 25.0 Å². The summed E-state index contributed by atoms with van der Waals surface area (Å²) in [6.45, 7) is 6.44. The first-order valence-corrected chi connectivity index (χ1v) is 2.22. The Bertz CT molecular complexity index is 96.7. The van der Waals surface area contributed by atoms with Gasteiger partial charge in [-0.2, -0.15) is 0 Å². The molecular weight excluding hydrogens is 104 g/mol. The van der Waals surface area contributed by atoms with Gasteiger partial charge >= 0.3 is 0 Å². The number of hydrogen-bond acceptors (Lipinski definition) is 2. The maximum Gasteiger partial charge on any atom is 0.160 e. The van der Waals surface area contributed by atoms with Gasteiger partial charge in [0, 0.05) is 6.42 Å². The first-order chi connectivity index (χ1) is 3.68. The molecule has 0 atom stereocenters. The van der Waals surface area contributed by atoms with Crippen molar-refractivity contribution in [2.75, 3.05) is 0 Å². The van der Waals surface area contributed by atoms with Gasteiger partial charge in [-0.3, -0.25) is 0 Å². The van der Waals surface area contributed by atoms with E-state index in [4.69, 9.17) is 10.2 Å². The largest absolute Gasteiger partial charge is 0.510 e. The fourth-order valence-electron chi connectivity index (χ4n) is 0.255. The van der Waals surface area contributed by atoms with Gasteiger partial charge in [0.05, 0.1) is 0 Å². The average Bonchev–Trinajstić information content (AvgIpc) is 1.67. The second-order valence-corrected chi connectivity index (χ2v) is 1.39.